The Morgan fingerprint density at radius 1 is 1.33 bits per heavy atom. The van der Waals surface area contributed by atoms with E-state index in [-0.39, 0.29) is 0 Å². The summed E-state index contributed by atoms with van der Waals surface area (Å²) in [5.74, 6) is 0. The van der Waals surface area contributed by atoms with Gasteiger partial charge in [-0.05, 0) is 18.6 Å². The highest BCUT2D eigenvalue weighted by atomic mass is 14.7. The Morgan fingerprint density at radius 3 is 3.00 bits per heavy atom. The summed E-state index contributed by atoms with van der Waals surface area (Å²) in [6.07, 6.45) is 0.949. The van der Waals surface area contributed by atoms with Gasteiger partial charge in [0.25, 0.3) is 0 Å². The molecule has 0 saturated heterocycles. The highest BCUT2D eigenvalue weighted by Crippen LogP contribution is 2.10. The second kappa shape index (κ2) is 2.94. The van der Waals surface area contributed by atoms with Crippen LogP contribution in [0, 0.1) is 6.07 Å². The Morgan fingerprint density at radius 2 is 2.17 bits per heavy atom. The van der Waals surface area contributed by atoms with Crippen LogP contribution in [0.1, 0.15) is 12.6 Å². The number of hydrogen-bond donors (Lipinski definition) is 0. The third kappa shape index (κ3) is 1.18. The molecule has 2 rings (SSSR count). The summed E-state index contributed by atoms with van der Waals surface area (Å²) in [6, 6.07) is 13.3. The second-order valence-corrected chi connectivity index (χ2v) is 2.76. The van der Waals surface area contributed by atoms with Crippen molar-refractivity contribution in [3.05, 3.63) is 42.1 Å². The average molecular weight is 156 g/mol. The lowest BCUT2D eigenvalue weighted by atomic mass is 10.2. The summed E-state index contributed by atoms with van der Waals surface area (Å²) >= 11 is 0. The maximum absolute atomic E-state index is 4.44. The first-order valence-electron chi connectivity index (χ1n) is 4.16. The molecular weight excluding hydrogens is 146 g/mol. The highest BCUT2D eigenvalue weighted by Gasteiger charge is 1.94. The van der Waals surface area contributed by atoms with Crippen LogP contribution >= 0.6 is 0 Å². The molecule has 59 valence electrons. The van der Waals surface area contributed by atoms with Gasteiger partial charge < -0.3 is 0 Å². The van der Waals surface area contributed by atoms with E-state index in [0.29, 0.717) is 0 Å². The average Bonchev–Trinajstić information content (AvgIpc) is 2.17. The Bertz CT molecular complexity index is 393. The number of rotatable bonds is 1. The smallest absolute Gasteiger partial charge is 0.0705 e. The number of nitrogens with zero attached hydrogens (tertiary/aromatic N) is 1. The standard InChI is InChI=1S/C11H10N/c1-2-10-8-7-9-5-3-4-6-11(9)12-10/h3-7H,2H2,1H3. The van der Waals surface area contributed by atoms with Crippen molar-refractivity contribution < 1.29 is 0 Å². The van der Waals surface area contributed by atoms with Crippen LogP contribution in [0.3, 0.4) is 0 Å². The van der Waals surface area contributed by atoms with E-state index < -0.39 is 0 Å². The van der Waals surface area contributed by atoms with E-state index in [1.807, 2.05) is 24.3 Å². The molecule has 2 aromatic rings. The summed E-state index contributed by atoms with van der Waals surface area (Å²) in [5.41, 5.74) is 2.10. The number of pyridine rings is 1. The van der Waals surface area contributed by atoms with Crippen LogP contribution < -0.4 is 0 Å². The number of aryl methyl sites for hydroxylation is 1. The highest BCUT2D eigenvalue weighted by molar-refractivity contribution is 5.78. The fraction of sp³-hybridized carbons (Fsp3) is 0.182. The van der Waals surface area contributed by atoms with Crippen molar-refractivity contribution in [2.45, 2.75) is 13.3 Å². The summed E-state index contributed by atoms with van der Waals surface area (Å²) in [4.78, 5) is 4.44. The van der Waals surface area contributed by atoms with Crippen LogP contribution in [-0.4, -0.2) is 4.98 Å². The van der Waals surface area contributed by atoms with Gasteiger partial charge in [0.1, 0.15) is 0 Å². The molecule has 1 radical (unpaired) electrons. The third-order valence-electron chi connectivity index (χ3n) is 1.92. The van der Waals surface area contributed by atoms with Crippen LogP contribution in [0.2, 0.25) is 0 Å². The number of hydrogen-bond acceptors (Lipinski definition) is 1. The number of para-hydroxylation sites is 1. The molecule has 1 heterocycles. The van der Waals surface area contributed by atoms with Gasteiger partial charge in [0.2, 0.25) is 0 Å². The lowest BCUT2D eigenvalue weighted by molar-refractivity contribution is 1.05. The molecule has 0 unspecified atom stereocenters. The van der Waals surface area contributed by atoms with Gasteiger partial charge in [-0.2, -0.15) is 0 Å². The fourth-order valence-corrected chi connectivity index (χ4v) is 1.23. The van der Waals surface area contributed by atoms with Crippen molar-refractivity contribution >= 4 is 10.9 Å². The van der Waals surface area contributed by atoms with Gasteiger partial charge in [-0.15, -0.1) is 0 Å². The number of benzene rings is 1. The normalized spacial score (nSPS) is 10.4. The Labute approximate surface area is 72.1 Å². The van der Waals surface area contributed by atoms with Crippen LogP contribution in [0.4, 0.5) is 0 Å². The van der Waals surface area contributed by atoms with E-state index in [1.165, 1.54) is 0 Å². The van der Waals surface area contributed by atoms with Gasteiger partial charge in [0.05, 0.1) is 5.52 Å². The molecule has 0 bridgehead atoms. The zero-order valence-corrected chi connectivity index (χ0v) is 7.04. The Kier molecular flexibility index (Phi) is 1.78. The van der Waals surface area contributed by atoms with Crippen LogP contribution in [-0.2, 0) is 6.42 Å². The van der Waals surface area contributed by atoms with Crippen molar-refractivity contribution in [1.82, 2.24) is 4.98 Å². The van der Waals surface area contributed by atoms with E-state index >= 15 is 0 Å². The molecule has 0 aliphatic rings. The first kappa shape index (κ1) is 7.29. The Balaban J connectivity index is 2.67. The summed E-state index contributed by atoms with van der Waals surface area (Å²) in [7, 11) is 0. The molecule has 0 aliphatic heterocycles. The predicted octanol–water partition coefficient (Wildman–Crippen LogP) is 2.60. The van der Waals surface area contributed by atoms with Crippen molar-refractivity contribution in [2.24, 2.45) is 0 Å². The monoisotopic (exact) mass is 156 g/mol. The Hall–Kier alpha value is -1.37. The van der Waals surface area contributed by atoms with E-state index in [9.17, 15) is 0 Å². The number of fused-ring (bicyclic) bond motifs is 1. The molecule has 0 atom stereocenters. The third-order valence-corrected chi connectivity index (χ3v) is 1.92. The molecule has 1 aromatic carbocycles. The largest absolute Gasteiger partial charge is 0.252 e. The van der Waals surface area contributed by atoms with E-state index in [1.54, 1.807) is 0 Å². The van der Waals surface area contributed by atoms with Crippen molar-refractivity contribution in [3.8, 4) is 0 Å². The zero-order valence-electron chi connectivity index (χ0n) is 7.04. The maximum Gasteiger partial charge on any atom is 0.0705 e. The van der Waals surface area contributed by atoms with Crippen molar-refractivity contribution in [1.29, 1.82) is 0 Å². The SMILES string of the molecule is CCc1[c]cc2ccccc2n1. The summed E-state index contributed by atoms with van der Waals surface area (Å²) in [6.45, 7) is 2.09. The molecular formula is C11H10N. The molecule has 0 N–H and O–H groups in total. The fourth-order valence-electron chi connectivity index (χ4n) is 1.23. The van der Waals surface area contributed by atoms with E-state index in [0.717, 1.165) is 23.0 Å². The summed E-state index contributed by atoms with van der Waals surface area (Å²) < 4.78 is 0. The van der Waals surface area contributed by atoms with Crippen molar-refractivity contribution in [3.63, 3.8) is 0 Å². The topological polar surface area (TPSA) is 12.9 Å². The van der Waals surface area contributed by atoms with Gasteiger partial charge in [0.15, 0.2) is 0 Å². The minimum atomic E-state index is 0.949. The number of aromatic nitrogens is 1. The van der Waals surface area contributed by atoms with E-state index in [4.69, 9.17) is 0 Å². The zero-order chi connectivity index (χ0) is 8.39. The summed E-state index contributed by atoms with van der Waals surface area (Å²) in [5, 5.41) is 1.16. The lowest BCUT2D eigenvalue weighted by Gasteiger charge is -1.98. The lowest BCUT2D eigenvalue weighted by Crippen LogP contribution is -1.86. The van der Waals surface area contributed by atoms with E-state index in [2.05, 4.69) is 24.0 Å². The molecule has 0 fully saturated rings. The molecule has 1 nitrogen and oxygen atoms in total. The van der Waals surface area contributed by atoms with Gasteiger partial charge in [-0.25, -0.2) is 0 Å². The minimum absolute atomic E-state index is 0.949. The molecule has 1 aromatic heterocycles. The molecule has 12 heavy (non-hydrogen) atoms. The first-order chi connectivity index (χ1) is 5.90. The van der Waals surface area contributed by atoms with Gasteiger partial charge in [0, 0.05) is 17.1 Å². The van der Waals surface area contributed by atoms with Crippen LogP contribution in [0.25, 0.3) is 10.9 Å². The predicted molar refractivity (Wildman–Crippen MR) is 50.0 cm³/mol. The van der Waals surface area contributed by atoms with Crippen LogP contribution in [0.5, 0.6) is 0 Å². The molecule has 0 spiro atoms. The van der Waals surface area contributed by atoms with Gasteiger partial charge in [-0.1, -0.05) is 25.1 Å². The molecule has 0 amide bonds. The quantitative estimate of drug-likeness (QED) is 0.618. The first-order valence-corrected chi connectivity index (χ1v) is 4.16. The van der Waals surface area contributed by atoms with Gasteiger partial charge in [-0.3, -0.25) is 4.98 Å². The molecule has 0 aliphatic carbocycles. The molecule has 1 heteroatoms. The van der Waals surface area contributed by atoms with Gasteiger partial charge >= 0.3 is 0 Å². The van der Waals surface area contributed by atoms with Crippen molar-refractivity contribution in [2.75, 3.05) is 0 Å². The second-order valence-electron chi connectivity index (χ2n) is 2.76. The maximum atomic E-state index is 4.44. The minimum Gasteiger partial charge on any atom is -0.252 e. The van der Waals surface area contributed by atoms with Crippen LogP contribution in [0.15, 0.2) is 30.3 Å². The molecule has 0 saturated carbocycles.